The Morgan fingerprint density at radius 3 is 2.33 bits per heavy atom. The highest BCUT2D eigenvalue weighted by atomic mass is 16.5. The summed E-state index contributed by atoms with van der Waals surface area (Å²) in [5, 5.41) is 4.82. The molecule has 0 unspecified atom stereocenters. The first-order valence-corrected chi connectivity index (χ1v) is 9.33. The Kier molecular flexibility index (Phi) is 6.60. The molecule has 3 aromatic carbocycles. The molecule has 0 saturated carbocycles. The van der Waals surface area contributed by atoms with E-state index in [1.807, 2.05) is 36.4 Å². The van der Waals surface area contributed by atoms with Gasteiger partial charge in [0.05, 0.1) is 12.7 Å². The number of anilines is 1. The summed E-state index contributed by atoms with van der Waals surface area (Å²) in [6.07, 6.45) is 1.81. The Balaban J connectivity index is 1.55. The number of ether oxygens (including phenoxy) is 2. The first-order valence-electron chi connectivity index (χ1n) is 9.33. The zero-order chi connectivity index (χ0) is 21.5. The Hall–Kier alpha value is -3.93. The summed E-state index contributed by atoms with van der Waals surface area (Å²) >= 11 is 0. The zero-order valence-electron chi connectivity index (χ0n) is 16.6. The lowest BCUT2D eigenvalue weighted by molar-refractivity contribution is -0.148. The molecule has 0 aliphatic carbocycles. The van der Waals surface area contributed by atoms with Crippen LogP contribution in [0.2, 0.25) is 0 Å². The van der Waals surface area contributed by atoms with Gasteiger partial charge in [0, 0.05) is 11.8 Å². The van der Waals surface area contributed by atoms with Crippen LogP contribution >= 0.6 is 0 Å². The van der Waals surface area contributed by atoms with Crippen molar-refractivity contribution in [1.29, 1.82) is 0 Å². The summed E-state index contributed by atoms with van der Waals surface area (Å²) in [5.74, 6) is -1.50. The van der Waals surface area contributed by atoms with E-state index in [9.17, 15) is 14.4 Å². The van der Waals surface area contributed by atoms with Gasteiger partial charge in [-0.2, -0.15) is 0 Å². The van der Waals surface area contributed by atoms with Crippen molar-refractivity contribution in [2.45, 2.75) is 13.0 Å². The number of carbonyl (C=O) groups is 3. The van der Waals surface area contributed by atoms with Gasteiger partial charge in [-0.05, 0) is 53.6 Å². The van der Waals surface area contributed by atoms with Crippen LogP contribution in [0.3, 0.4) is 0 Å². The topological polar surface area (TPSA) is 81.7 Å². The maximum atomic E-state index is 12.3. The second-order valence-corrected chi connectivity index (χ2v) is 6.58. The van der Waals surface area contributed by atoms with Crippen LogP contribution in [0.15, 0.2) is 72.8 Å². The lowest BCUT2D eigenvalue weighted by Crippen LogP contribution is -2.29. The molecular weight excluding hydrogens is 382 g/mol. The van der Waals surface area contributed by atoms with E-state index in [-0.39, 0.29) is 0 Å². The minimum absolute atomic E-state index is 0.413. The molecule has 0 bridgehead atoms. The number of hydrogen-bond donors (Lipinski definition) is 1. The Labute approximate surface area is 174 Å². The number of rotatable bonds is 6. The van der Waals surface area contributed by atoms with Gasteiger partial charge in [0.2, 0.25) is 0 Å². The van der Waals surface area contributed by atoms with Gasteiger partial charge in [-0.25, -0.2) is 9.59 Å². The molecule has 3 rings (SSSR count). The molecule has 0 aliphatic heterocycles. The van der Waals surface area contributed by atoms with Crippen molar-refractivity contribution < 1.29 is 23.9 Å². The summed E-state index contributed by atoms with van der Waals surface area (Å²) in [7, 11) is 1.31. The summed E-state index contributed by atoms with van der Waals surface area (Å²) in [5.41, 5.74) is 1.74. The van der Waals surface area contributed by atoms with Crippen LogP contribution in [0.25, 0.3) is 16.8 Å². The van der Waals surface area contributed by atoms with Gasteiger partial charge in [-0.15, -0.1) is 0 Å². The van der Waals surface area contributed by atoms with Crippen molar-refractivity contribution in [2.24, 2.45) is 0 Å². The van der Waals surface area contributed by atoms with Gasteiger partial charge < -0.3 is 14.8 Å². The van der Waals surface area contributed by atoms with Crippen LogP contribution < -0.4 is 5.32 Å². The van der Waals surface area contributed by atoms with Crippen molar-refractivity contribution in [1.82, 2.24) is 0 Å². The van der Waals surface area contributed by atoms with Crippen molar-refractivity contribution in [2.75, 3.05) is 12.4 Å². The smallest absolute Gasteiger partial charge is 0.337 e. The third-order valence-electron chi connectivity index (χ3n) is 4.42. The largest absolute Gasteiger partial charge is 0.465 e. The molecular formula is C24H21NO5. The van der Waals surface area contributed by atoms with Crippen LogP contribution in [0.4, 0.5) is 5.69 Å². The van der Waals surface area contributed by atoms with Gasteiger partial charge in [-0.3, -0.25) is 4.79 Å². The summed E-state index contributed by atoms with van der Waals surface area (Å²) in [4.78, 5) is 35.8. The minimum Gasteiger partial charge on any atom is -0.465 e. The molecule has 6 nitrogen and oxygen atoms in total. The molecule has 30 heavy (non-hydrogen) atoms. The van der Waals surface area contributed by atoms with Crippen LogP contribution in [0, 0.1) is 0 Å². The number of amides is 1. The third kappa shape index (κ3) is 5.32. The molecule has 1 N–H and O–H groups in total. The zero-order valence-corrected chi connectivity index (χ0v) is 16.6. The predicted molar refractivity (Wildman–Crippen MR) is 115 cm³/mol. The van der Waals surface area contributed by atoms with Gasteiger partial charge >= 0.3 is 11.9 Å². The molecule has 0 saturated heterocycles. The normalized spacial score (nSPS) is 11.8. The number of carbonyl (C=O) groups excluding carboxylic acids is 3. The molecule has 1 atom stereocenters. The van der Waals surface area contributed by atoms with Crippen LogP contribution in [0.1, 0.15) is 22.8 Å². The number of nitrogens with one attached hydrogen (secondary N) is 1. The fraction of sp³-hybridized carbons (Fsp3) is 0.125. The van der Waals surface area contributed by atoms with E-state index in [4.69, 9.17) is 4.74 Å². The SMILES string of the molecule is COC(=O)c1ccc(/C=C/C(=O)O[C@H](C)C(=O)Nc2ccc3ccccc3c2)cc1. The molecule has 6 heteroatoms. The lowest BCUT2D eigenvalue weighted by Gasteiger charge is -2.13. The molecule has 0 aliphatic rings. The van der Waals surface area contributed by atoms with E-state index in [1.165, 1.54) is 26.2 Å². The summed E-state index contributed by atoms with van der Waals surface area (Å²) in [6, 6.07) is 19.9. The van der Waals surface area contributed by atoms with Crippen molar-refractivity contribution in [3.8, 4) is 0 Å². The maximum absolute atomic E-state index is 12.3. The highest BCUT2D eigenvalue weighted by Crippen LogP contribution is 2.19. The van der Waals surface area contributed by atoms with E-state index in [0.717, 1.165) is 10.8 Å². The molecule has 0 fully saturated rings. The third-order valence-corrected chi connectivity index (χ3v) is 4.42. The van der Waals surface area contributed by atoms with Crippen LogP contribution in [0.5, 0.6) is 0 Å². The Bertz CT molecular complexity index is 1100. The molecule has 0 spiro atoms. The highest BCUT2D eigenvalue weighted by molar-refractivity contribution is 5.98. The molecule has 0 aromatic heterocycles. The fourth-order valence-electron chi connectivity index (χ4n) is 2.79. The van der Waals surface area contributed by atoms with Gasteiger partial charge in [-0.1, -0.05) is 42.5 Å². The number of hydrogen-bond acceptors (Lipinski definition) is 5. The van der Waals surface area contributed by atoms with Crippen molar-refractivity contribution in [3.05, 3.63) is 83.9 Å². The highest BCUT2D eigenvalue weighted by Gasteiger charge is 2.16. The van der Waals surface area contributed by atoms with Crippen molar-refractivity contribution in [3.63, 3.8) is 0 Å². The van der Waals surface area contributed by atoms with E-state index in [1.54, 1.807) is 30.3 Å². The second kappa shape index (κ2) is 9.52. The van der Waals surface area contributed by atoms with E-state index in [0.29, 0.717) is 16.8 Å². The van der Waals surface area contributed by atoms with Crippen LogP contribution in [-0.4, -0.2) is 31.1 Å². The Morgan fingerprint density at radius 1 is 0.933 bits per heavy atom. The van der Waals surface area contributed by atoms with E-state index >= 15 is 0 Å². The average molecular weight is 403 g/mol. The average Bonchev–Trinajstić information content (AvgIpc) is 2.77. The number of esters is 2. The number of methoxy groups -OCH3 is 1. The van der Waals surface area contributed by atoms with E-state index < -0.39 is 23.9 Å². The fourth-order valence-corrected chi connectivity index (χ4v) is 2.79. The predicted octanol–water partition coefficient (Wildman–Crippen LogP) is 4.21. The molecule has 0 radical (unpaired) electrons. The lowest BCUT2D eigenvalue weighted by atomic mass is 10.1. The Morgan fingerprint density at radius 2 is 1.63 bits per heavy atom. The van der Waals surface area contributed by atoms with Crippen molar-refractivity contribution >= 4 is 40.4 Å². The summed E-state index contributed by atoms with van der Waals surface area (Å²) < 4.78 is 9.80. The number of fused-ring (bicyclic) bond motifs is 1. The molecule has 152 valence electrons. The quantitative estimate of drug-likeness (QED) is 0.493. The van der Waals surface area contributed by atoms with Crippen LogP contribution in [-0.2, 0) is 19.1 Å². The van der Waals surface area contributed by atoms with Gasteiger partial charge in [0.25, 0.3) is 5.91 Å². The second-order valence-electron chi connectivity index (χ2n) is 6.58. The van der Waals surface area contributed by atoms with Gasteiger partial charge in [0.15, 0.2) is 6.10 Å². The maximum Gasteiger partial charge on any atom is 0.337 e. The van der Waals surface area contributed by atoms with E-state index in [2.05, 4.69) is 10.1 Å². The first kappa shape index (κ1) is 20.8. The standard InChI is InChI=1S/C24H21NO5/c1-16(23(27)25-21-13-12-18-5-3-4-6-20(18)15-21)30-22(26)14-9-17-7-10-19(11-8-17)24(28)29-2/h3-16H,1-2H3,(H,25,27)/b14-9+/t16-/m1/s1. The summed E-state index contributed by atoms with van der Waals surface area (Å²) in [6.45, 7) is 1.51. The monoisotopic (exact) mass is 403 g/mol. The van der Waals surface area contributed by atoms with Gasteiger partial charge in [0.1, 0.15) is 0 Å². The first-order chi connectivity index (χ1) is 14.5. The number of benzene rings is 3. The molecule has 3 aromatic rings. The molecule has 0 heterocycles. The molecule has 1 amide bonds. The minimum atomic E-state index is -0.963.